The third-order valence-corrected chi connectivity index (χ3v) is 13.4. The first-order valence-electron chi connectivity index (χ1n) is 28.3. The third-order valence-electron chi connectivity index (χ3n) is 13.4. The second-order valence-corrected chi connectivity index (χ2v) is 19.6. The van der Waals surface area contributed by atoms with Crippen LogP contribution in [0.15, 0.2) is 0 Å². The Morgan fingerprint density at radius 3 is 0.984 bits per heavy atom. The molecule has 370 valence electrons. The van der Waals surface area contributed by atoms with Crippen molar-refractivity contribution in [3.63, 3.8) is 0 Å². The maximum Gasteiger partial charge on any atom is 0.305 e. The maximum atomic E-state index is 12.5. The van der Waals surface area contributed by atoms with E-state index in [-0.39, 0.29) is 18.5 Å². The zero-order valence-electron chi connectivity index (χ0n) is 42.1. The molecule has 2 unspecified atom stereocenters. The van der Waals surface area contributed by atoms with Crippen LogP contribution in [0.1, 0.15) is 322 Å². The van der Waals surface area contributed by atoms with Crippen molar-refractivity contribution in [1.29, 1.82) is 0 Å². The molecule has 0 aromatic carbocycles. The highest BCUT2D eigenvalue weighted by molar-refractivity contribution is 5.76. The Bertz CT molecular complexity index is 882. The molecule has 1 amide bonds. The van der Waals surface area contributed by atoms with Crippen molar-refractivity contribution in [2.75, 3.05) is 13.2 Å². The molecule has 0 radical (unpaired) electrons. The van der Waals surface area contributed by atoms with Crippen LogP contribution in [0.4, 0.5) is 0 Å². The Morgan fingerprint density at radius 1 is 0.387 bits per heavy atom. The summed E-state index contributed by atoms with van der Waals surface area (Å²) in [5, 5.41) is 23.3. The summed E-state index contributed by atoms with van der Waals surface area (Å²) in [6.45, 7) is 4.96. The molecule has 0 aromatic rings. The van der Waals surface area contributed by atoms with E-state index in [4.69, 9.17) is 4.74 Å². The molecule has 0 aliphatic carbocycles. The fourth-order valence-electron chi connectivity index (χ4n) is 9.05. The lowest BCUT2D eigenvalue weighted by Crippen LogP contribution is -2.45. The van der Waals surface area contributed by atoms with Gasteiger partial charge in [-0.1, -0.05) is 284 Å². The van der Waals surface area contributed by atoms with Crippen LogP contribution in [0.25, 0.3) is 0 Å². The molecule has 0 spiro atoms. The summed E-state index contributed by atoms with van der Waals surface area (Å²) in [6, 6.07) is -0.544. The van der Waals surface area contributed by atoms with Crippen molar-refractivity contribution in [1.82, 2.24) is 5.32 Å². The van der Waals surface area contributed by atoms with Gasteiger partial charge in [0.25, 0.3) is 0 Å². The van der Waals surface area contributed by atoms with Gasteiger partial charge in [-0.15, -0.1) is 0 Å². The Balaban J connectivity index is 3.41. The Kier molecular flexibility index (Phi) is 51.5. The predicted molar refractivity (Wildman–Crippen MR) is 269 cm³/mol. The first-order valence-corrected chi connectivity index (χ1v) is 28.3. The molecule has 6 nitrogen and oxygen atoms in total. The molecule has 0 aliphatic heterocycles. The molecule has 0 saturated carbocycles. The highest BCUT2D eigenvalue weighted by Crippen LogP contribution is 2.18. The van der Waals surface area contributed by atoms with Crippen molar-refractivity contribution in [2.24, 2.45) is 0 Å². The summed E-state index contributed by atoms with van der Waals surface area (Å²) in [6.07, 6.45) is 59.4. The zero-order valence-corrected chi connectivity index (χ0v) is 42.1. The highest BCUT2D eigenvalue weighted by Gasteiger charge is 2.20. The van der Waals surface area contributed by atoms with Crippen molar-refractivity contribution in [3.05, 3.63) is 0 Å². The van der Waals surface area contributed by atoms with Crippen molar-refractivity contribution in [2.45, 2.75) is 334 Å². The molecular weight excluding hydrogens is 767 g/mol. The molecule has 3 N–H and O–H groups in total. The number of carbonyl (C=O) groups is 2. The molecule has 0 aliphatic rings. The number of esters is 1. The summed E-state index contributed by atoms with van der Waals surface area (Å²) in [7, 11) is 0. The standard InChI is InChI=1S/C56H111NO5/c1-3-5-7-9-11-13-15-16-17-19-22-25-29-32-36-40-44-48-54(59)53(52-58)57-55(60)49-45-41-37-33-30-26-23-20-18-21-24-27-31-35-39-43-47-51-62-56(61)50-46-42-38-34-28-14-12-10-8-6-4-2/h53-54,58-59H,3-52H2,1-2H3,(H,57,60). The Morgan fingerprint density at radius 2 is 0.661 bits per heavy atom. The fourth-order valence-corrected chi connectivity index (χ4v) is 9.05. The van der Waals surface area contributed by atoms with Gasteiger partial charge in [0.05, 0.1) is 25.4 Å². The van der Waals surface area contributed by atoms with Crippen LogP contribution in [0.3, 0.4) is 0 Å². The number of unbranched alkanes of at least 4 members (excludes halogenated alkanes) is 42. The van der Waals surface area contributed by atoms with Crippen LogP contribution in [0.5, 0.6) is 0 Å². The van der Waals surface area contributed by atoms with Gasteiger partial charge in [-0.25, -0.2) is 0 Å². The lowest BCUT2D eigenvalue weighted by atomic mass is 10.0. The van der Waals surface area contributed by atoms with Crippen LogP contribution in [0.2, 0.25) is 0 Å². The minimum absolute atomic E-state index is 0.00595. The van der Waals surface area contributed by atoms with E-state index < -0.39 is 12.1 Å². The summed E-state index contributed by atoms with van der Waals surface area (Å²) in [5.41, 5.74) is 0. The van der Waals surface area contributed by atoms with E-state index in [9.17, 15) is 19.8 Å². The largest absolute Gasteiger partial charge is 0.466 e. The Labute approximate surface area is 387 Å². The number of hydrogen-bond donors (Lipinski definition) is 3. The highest BCUT2D eigenvalue weighted by atomic mass is 16.5. The molecule has 0 aromatic heterocycles. The van der Waals surface area contributed by atoms with Crippen molar-refractivity contribution < 1.29 is 24.5 Å². The van der Waals surface area contributed by atoms with Gasteiger partial charge in [-0.05, 0) is 25.7 Å². The van der Waals surface area contributed by atoms with Crippen LogP contribution >= 0.6 is 0 Å². The van der Waals surface area contributed by atoms with Gasteiger partial charge in [0, 0.05) is 12.8 Å². The molecule has 0 fully saturated rings. The molecule has 2 atom stereocenters. The molecule has 6 heteroatoms. The van der Waals surface area contributed by atoms with E-state index in [2.05, 4.69) is 19.2 Å². The molecule has 0 heterocycles. The van der Waals surface area contributed by atoms with Crippen molar-refractivity contribution >= 4 is 11.9 Å². The zero-order chi connectivity index (χ0) is 45.1. The minimum Gasteiger partial charge on any atom is -0.466 e. The van der Waals surface area contributed by atoms with E-state index in [0.717, 1.165) is 38.5 Å². The molecule has 0 saturated heterocycles. The number of rotatable bonds is 53. The van der Waals surface area contributed by atoms with E-state index in [0.29, 0.717) is 25.9 Å². The summed E-state index contributed by atoms with van der Waals surface area (Å²) >= 11 is 0. The molecule has 0 bridgehead atoms. The van der Waals surface area contributed by atoms with E-state index in [1.54, 1.807) is 0 Å². The van der Waals surface area contributed by atoms with Gasteiger partial charge >= 0.3 is 5.97 Å². The smallest absolute Gasteiger partial charge is 0.305 e. The average molecular weight is 879 g/mol. The summed E-state index contributed by atoms with van der Waals surface area (Å²) in [5.74, 6) is -0.0312. The van der Waals surface area contributed by atoms with Crippen LogP contribution < -0.4 is 5.32 Å². The van der Waals surface area contributed by atoms with Crippen LogP contribution in [-0.2, 0) is 14.3 Å². The van der Waals surface area contributed by atoms with E-state index in [1.807, 2.05) is 0 Å². The topological polar surface area (TPSA) is 95.9 Å². The van der Waals surface area contributed by atoms with Crippen LogP contribution in [0, 0.1) is 0 Å². The van der Waals surface area contributed by atoms with E-state index in [1.165, 1.54) is 250 Å². The third kappa shape index (κ3) is 48.3. The minimum atomic E-state index is -0.666. The predicted octanol–water partition coefficient (Wildman–Crippen LogP) is 17.1. The lowest BCUT2D eigenvalue weighted by Gasteiger charge is -2.22. The first kappa shape index (κ1) is 60.9. The number of hydrogen-bond acceptors (Lipinski definition) is 5. The second-order valence-electron chi connectivity index (χ2n) is 19.6. The molecular formula is C56H111NO5. The second kappa shape index (κ2) is 52.5. The normalized spacial score (nSPS) is 12.5. The number of aliphatic hydroxyl groups excluding tert-OH is 2. The maximum absolute atomic E-state index is 12.5. The molecule has 0 rings (SSSR count). The SMILES string of the molecule is CCCCCCCCCCCCCCCCCCCC(O)C(CO)NC(=O)CCCCCCCCCCCCCCCCCCCOC(=O)CCCCCCCCCCCCC. The summed E-state index contributed by atoms with van der Waals surface area (Å²) < 4.78 is 5.46. The van der Waals surface area contributed by atoms with Gasteiger partial charge in [-0.2, -0.15) is 0 Å². The molecule has 62 heavy (non-hydrogen) atoms. The monoisotopic (exact) mass is 878 g/mol. The fraction of sp³-hybridized carbons (Fsp3) is 0.964. The number of carbonyl (C=O) groups excluding carboxylic acids is 2. The van der Waals surface area contributed by atoms with Crippen molar-refractivity contribution in [3.8, 4) is 0 Å². The van der Waals surface area contributed by atoms with Gasteiger partial charge < -0.3 is 20.3 Å². The number of aliphatic hydroxyl groups is 2. The van der Waals surface area contributed by atoms with E-state index >= 15 is 0 Å². The number of ether oxygens (including phenoxy) is 1. The van der Waals surface area contributed by atoms with Gasteiger partial charge in [-0.3, -0.25) is 9.59 Å². The van der Waals surface area contributed by atoms with Gasteiger partial charge in [0.15, 0.2) is 0 Å². The Hall–Kier alpha value is -1.14. The average Bonchev–Trinajstić information content (AvgIpc) is 3.27. The van der Waals surface area contributed by atoms with Crippen LogP contribution in [-0.4, -0.2) is 47.4 Å². The number of amides is 1. The van der Waals surface area contributed by atoms with Gasteiger partial charge in [0.1, 0.15) is 0 Å². The quantitative estimate of drug-likeness (QED) is 0.0418. The summed E-state index contributed by atoms with van der Waals surface area (Å²) in [4.78, 5) is 24.5. The number of nitrogens with one attached hydrogen (secondary N) is 1. The lowest BCUT2D eigenvalue weighted by molar-refractivity contribution is -0.143. The van der Waals surface area contributed by atoms with Gasteiger partial charge in [0.2, 0.25) is 5.91 Å². The first-order chi connectivity index (χ1) is 30.5.